The van der Waals surface area contributed by atoms with Crippen LogP contribution in [0.2, 0.25) is 0 Å². The predicted octanol–water partition coefficient (Wildman–Crippen LogP) is 2.73. The Kier molecular flexibility index (Phi) is 3.62. The van der Waals surface area contributed by atoms with Crippen LogP contribution in [0.5, 0.6) is 0 Å². The van der Waals surface area contributed by atoms with Crippen LogP contribution in [-0.4, -0.2) is 38.8 Å². The van der Waals surface area contributed by atoms with E-state index in [1.165, 1.54) is 0 Å². The number of amides is 1. The van der Waals surface area contributed by atoms with Crippen molar-refractivity contribution in [3.8, 4) is 6.07 Å². The summed E-state index contributed by atoms with van der Waals surface area (Å²) in [6.45, 7) is 1.38. The first-order valence-corrected chi connectivity index (χ1v) is 8.12. The molecule has 0 radical (unpaired) electrons. The highest BCUT2D eigenvalue weighted by molar-refractivity contribution is 6.06. The van der Waals surface area contributed by atoms with Crippen molar-refractivity contribution in [2.75, 3.05) is 13.1 Å². The summed E-state index contributed by atoms with van der Waals surface area (Å²) in [6.07, 6.45) is 9.39. The molecule has 1 aliphatic heterocycles. The second kappa shape index (κ2) is 5.93. The largest absolute Gasteiger partial charge is 0.346 e. The number of carbonyl (C=O) groups is 1. The molecule has 3 aromatic heterocycles. The van der Waals surface area contributed by atoms with Crippen LogP contribution in [0.4, 0.5) is 0 Å². The summed E-state index contributed by atoms with van der Waals surface area (Å²) in [7, 11) is 0. The number of H-pyrrole nitrogens is 1. The normalized spacial score (nSPS) is 18.0. The number of piperidine rings is 1. The van der Waals surface area contributed by atoms with Crippen molar-refractivity contribution in [1.29, 1.82) is 5.26 Å². The first-order chi connectivity index (χ1) is 11.8. The number of fused-ring (bicyclic) bond motifs is 3. The Morgan fingerprint density at radius 3 is 3.21 bits per heavy atom. The van der Waals surface area contributed by atoms with E-state index in [2.05, 4.69) is 15.0 Å². The van der Waals surface area contributed by atoms with Gasteiger partial charge in [-0.05, 0) is 24.5 Å². The molecule has 6 heteroatoms. The fourth-order valence-electron chi connectivity index (χ4n) is 3.65. The van der Waals surface area contributed by atoms with Gasteiger partial charge in [0.1, 0.15) is 12.1 Å². The SMILES string of the molecule is N#CCC(=O)N1CCCC(c2cncc3cnc4[nH]ccc4c23)C1. The van der Waals surface area contributed by atoms with Crippen LogP contribution in [0.3, 0.4) is 0 Å². The molecule has 24 heavy (non-hydrogen) atoms. The summed E-state index contributed by atoms with van der Waals surface area (Å²) in [4.78, 5) is 25.9. The minimum absolute atomic E-state index is 0.0491. The quantitative estimate of drug-likeness (QED) is 0.787. The second-order valence-electron chi connectivity index (χ2n) is 6.20. The summed E-state index contributed by atoms with van der Waals surface area (Å²) in [6, 6.07) is 3.99. The maximum absolute atomic E-state index is 12.1. The Hall–Kier alpha value is -2.94. The van der Waals surface area contributed by atoms with Gasteiger partial charge in [-0.25, -0.2) is 4.98 Å². The van der Waals surface area contributed by atoms with E-state index in [1.807, 2.05) is 41.8 Å². The molecule has 3 aromatic rings. The lowest BCUT2D eigenvalue weighted by molar-refractivity contribution is -0.131. The fraction of sp³-hybridized carbons (Fsp3) is 0.333. The van der Waals surface area contributed by atoms with Crippen molar-refractivity contribution < 1.29 is 4.79 Å². The third kappa shape index (κ3) is 2.38. The lowest BCUT2D eigenvalue weighted by Crippen LogP contribution is -2.38. The van der Waals surface area contributed by atoms with Gasteiger partial charge in [0.25, 0.3) is 0 Å². The summed E-state index contributed by atoms with van der Waals surface area (Å²) >= 11 is 0. The average Bonchev–Trinajstić information content (AvgIpc) is 3.10. The first-order valence-electron chi connectivity index (χ1n) is 8.12. The van der Waals surface area contributed by atoms with E-state index in [1.54, 1.807) is 0 Å². The maximum atomic E-state index is 12.1. The number of aromatic nitrogens is 3. The van der Waals surface area contributed by atoms with Crippen LogP contribution in [0.1, 0.15) is 30.7 Å². The van der Waals surface area contributed by atoms with Gasteiger partial charge in [-0.3, -0.25) is 9.78 Å². The van der Waals surface area contributed by atoms with Crippen LogP contribution in [0.15, 0.2) is 30.9 Å². The molecule has 1 unspecified atom stereocenters. The Bertz CT molecular complexity index is 955. The van der Waals surface area contributed by atoms with E-state index in [-0.39, 0.29) is 18.2 Å². The molecule has 120 valence electrons. The molecular weight excluding hydrogens is 302 g/mol. The average molecular weight is 319 g/mol. The number of hydrogen-bond acceptors (Lipinski definition) is 4. The number of nitriles is 1. The van der Waals surface area contributed by atoms with E-state index in [9.17, 15) is 4.79 Å². The van der Waals surface area contributed by atoms with E-state index in [0.29, 0.717) is 6.54 Å². The molecule has 0 saturated carbocycles. The predicted molar refractivity (Wildman–Crippen MR) is 90.2 cm³/mol. The number of aromatic amines is 1. The topological polar surface area (TPSA) is 85.7 Å². The monoisotopic (exact) mass is 319 g/mol. The van der Waals surface area contributed by atoms with Crippen molar-refractivity contribution in [2.45, 2.75) is 25.2 Å². The summed E-state index contributed by atoms with van der Waals surface area (Å²) in [5.41, 5.74) is 2.03. The maximum Gasteiger partial charge on any atom is 0.236 e. The van der Waals surface area contributed by atoms with Crippen LogP contribution in [0, 0.1) is 11.3 Å². The van der Waals surface area contributed by atoms with Gasteiger partial charge < -0.3 is 9.88 Å². The molecule has 6 nitrogen and oxygen atoms in total. The van der Waals surface area contributed by atoms with E-state index in [0.717, 1.165) is 46.8 Å². The molecule has 4 heterocycles. The van der Waals surface area contributed by atoms with Crippen molar-refractivity contribution in [2.24, 2.45) is 0 Å². The van der Waals surface area contributed by atoms with Gasteiger partial charge in [-0.1, -0.05) is 0 Å². The molecule has 1 amide bonds. The van der Waals surface area contributed by atoms with E-state index < -0.39 is 0 Å². The smallest absolute Gasteiger partial charge is 0.236 e. The molecular formula is C18H17N5O. The molecule has 0 spiro atoms. The minimum atomic E-state index is -0.0798. The van der Waals surface area contributed by atoms with Gasteiger partial charge in [0.05, 0.1) is 6.07 Å². The summed E-state index contributed by atoms with van der Waals surface area (Å²) in [5, 5.41) is 12.0. The van der Waals surface area contributed by atoms with Gasteiger partial charge in [0.2, 0.25) is 5.91 Å². The zero-order valence-electron chi connectivity index (χ0n) is 13.2. The molecule has 1 atom stereocenters. The minimum Gasteiger partial charge on any atom is -0.346 e. The highest BCUT2D eigenvalue weighted by Crippen LogP contribution is 2.34. The Morgan fingerprint density at radius 1 is 1.42 bits per heavy atom. The highest BCUT2D eigenvalue weighted by atomic mass is 16.2. The molecule has 4 rings (SSSR count). The van der Waals surface area contributed by atoms with Gasteiger partial charge in [-0.2, -0.15) is 5.26 Å². The van der Waals surface area contributed by atoms with Crippen LogP contribution >= 0.6 is 0 Å². The zero-order valence-corrected chi connectivity index (χ0v) is 13.2. The molecule has 0 aromatic carbocycles. The van der Waals surface area contributed by atoms with Gasteiger partial charge >= 0.3 is 0 Å². The summed E-state index contributed by atoms with van der Waals surface area (Å²) in [5.74, 6) is 0.155. The highest BCUT2D eigenvalue weighted by Gasteiger charge is 2.26. The van der Waals surface area contributed by atoms with Crippen LogP contribution in [-0.2, 0) is 4.79 Å². The van der Waals surface area contributed by atoms with Gasteiger partial charge in [0, 0.05) is 60.0 Å². The second-order valence-corrected chi connectivity index (χ2v) is 6.20. The fourth-order valence-corrected chi connectivity index (χ4v) is 3.65. The zero-order chi connectivity index (χ0) is 16.5. The number of carbonyl (C=O) groups excluding carboxylic acids is 1. The number of pyridine rings is 2. The number of likely N-dealkylation sites (tertiary alicyclic amines) is 1. The van der Waals surface area contributed by atoms with E-state index in [4.69, 9.17) is 5.26 Å². The number of hydrogen-bond donors (Lipinski definition) is 1. The van der Waals surface area contributed by atoms with Crippen LogP contribution < -0.4 is 0 Å². The Morgan fingerprint density at radius 2 is 2.33 bits per heavy atom. The third-order valence-corrected chi connectivity index (χ3v) is 4.78. The lowest BCUT2D eigenvalue weighted by Gasteiger charge is -2.33. The first kappa shape index (κ1) is 14.6. The van der Waals surface area contributed by atoms with Crippen molar-refractivity contribution in [1.82, 2.24) is 19.9 Å². The number of nitrogens with one attached hydrogen (secondary N) is 1. The Balaban J connectivity index is 1.77. The van der Waals surface area contributed by atoms with Crippen molar-refractivity contribution >= 4 is 27.7 Å². The third-order valence-electron chi connectivity index (χ3n) is 4.78. The molecule has 0 aliphatic carbocycles. The Labute approximate surface area is 139 Å². The standard InChI is InChI=1S/C18H17N5O/c19-5-3-16(24)23-7-1-2-12(11-23)15-10-20-8-13-9-22-18-14(17(13)15)4-6-21-18/h4,6,8-10,12H,1-3,7,11H2,(H,21,22). The molecule has 1 saturated heterocycles. The molecule has 1 fully saturated rings. The van der Waals surface area contributed by atoms with Gasteiger partial charge in [0.15, 0.2) is 0 Å². The lowest BCUT2D eigenvalue weighted by atomic mass is 9.88. The number of nitrogens with zero attached hydrogens (tertiary/aromatic N) is 4. The number of rotatable bonds is 2. The van der Waals surface area contributed by atoms with Crippen molar-refractivity contribution in [3.63, 3.8) is 0 Å². The molecule has 1 aliphatic rings. The molecule has 1 N–H and O–H groups in total. The van der Waals surface area contributed by atoms with Gasteiger partial charge in [-0.15, -0.1) is 0 Å². The molecule has 0 bridgehead atoms. The van der Waals surface area contributed by atoms with Crippen molar-refractivity contribution in [3.05, 3.63) is 36.4 Å². The van der Waals surface area contributed by atoms with E-state index >= 15 is 0 Å². The van der Waals surface area contributed by atoms with Crippen LogP contribution in [0.25, 0.3) is 21.8 Å². The summed E-state index contributed by atoms with van der Waals surface area (Å²) < 4.78 is 0.